The molecule has 1 amide bonds. The van der Waals surface area contributed by atoms with Crippen molar-refractivity contribution in [2.75, 3.05) is 7.05 Å². The van der Waals surface area contributed by atoms with Crippen LogP contribution in [0.2, 0.25) is 0 Å². The fourth-order valence-corrected chi connectivity index (χ4v) is 2.47. The predicted molar refractivity (Wildman–Crippen MR) is 74.4 cm³/mol. The van der Waals surface area contributed by atoms with E-state index in [4.69, 9.17) is 12.2 Å². The number of hydrogen-bond donors (Lipinski definition) is 0. The van der Waals surface area contributed by atoms with Crippen molar-refractivity contribution < 1.29 is 9.72 Å². The van der Waals surface area contributed by atoms with E-state index in [-0.39, 0.29) is 11.6 Å². The van der Waals surface area contributed by atoms with Gasteiger partial charge in [-0.1, -0.05) is 24.0 Å². The van der Waals surface area contributed by atoms with Crippen molar-refractivity contribution in [2.24, 2.45) is 10.2 Å². The van der Waals surface area contributed by atoms with Crippen LogP contribution in [0.15, 0.2) is 34.5 Å². The second-order valence-electron chi connectivity index (χ2n) is 3.62. The summed E-state index contributed by atoms with van der Waals surface area (Å²) in [5.41, 5.74) is 0.422. The van der Waals surface area contributed by atoms with E-state index in [0.717, 1.165) is 11.8 Å². The van der Waals surface area contributed by atoms with Crippen molar-refractivity contribution in [3.8, 4) is 0 Å². The number of thioether (sulfide) groups is 1. The molecule has 1 fully saturated rings. The van der Waals surface area contributed by atoms with Crippen molar-refractivity contribution in [1.82, 2.24) is 4.90 Å². The fraction of sp³-hybridized carbons (Fsp3) is 0.200. The highest BCUT2D eigenvalue weighted by molar-refractivity contribution is 8.24. The first kappa shape index (κ1) is 13.6. The van der Waals surface area contributed by atoms with Gasteiger partial charge in [0, 0.05) is 19.2 Å². The molecule has 1 aliphatic rings. The Morgan fingerprint density at radius 1 is 1.42 bits per heavy atom. The average molecular weight is 296 g/mol. The molecule has 0 saturated carbocycles. The summed E-state index contributed by atoms with van der Waals surface area (Å²) in [5.74, 6) is -0.222. The summed E-state index contributed by atoms with van der Waals surface area (Å²) in [7, 11) is 1.58. The van der Waals surface area contributed by atoms with Gasteiger partial charge in [-0.05, 0) is 12.1 Å². The number of hydrogen-bond acceptors (Lipinski definition) is 7. The van der Waals surface area contributed by atoms with Crippen LogP contribution in [0.25, 0.3) is 0 Å². The minimum Gasteiger partial charge on any atom is -0.298 e. The lowest BCUT2D eigenvalue weighted by atomic mass is 10.3. The largest absolute Gasteiger partial charge is 0.298 e. The molecule has 1 aliphatic heterocycles. The number of carbonyl (C=O) groups is 1. The van der Waals surface area contributed by atoms with E-state index >= 15 is 0 Å². The number of amides is 1. The van der Waals surface area contributed by atoms with Gasteiger partial charge in [-0.25, -0.2) is 0 Å². The molecule has 0 aliphatic carbocycles. The lowest BCUT2D eigenvalue weighted by Crippen LogP contribution is -2.26. The van der Waals surface area contributed by atoms with Gasteiger partial charge in [0.2, 0.25) is 5.37 Å². The predicted octanol–water partition coefficient (Wildman–Crippen LogP) is 2.49. The minimum atomic E-state index is -0.673. The van der Waals surface area contributed by atoms with E-state index in [1.165, 1.54) is 29.2 Å². The highest BCUT2D eigenvalue weighted by Gasteiger charge is 2.34. The molecule has 19 heavy (non-hydrogen) atoms. The number of likely N-dealkylation sites (N-methyl/N-ethyl adjacent to an activating group) is 1. The summed E-state index contributed by atoms with van der Waals surface area (Å²) >= 11 is 6.11. The molecule has 9 heteroatoms. The van der Waals surface area contributed by atoms with Crippen LogP contribution in [-0.4, -0.2) is 32.5 Å². The van der Waals surface area contributed by atoms with Crippen LogP contribution in [-0.2, 0) is 4.79 Å². The number of carbonyl (C=O) groups excluding carboxylic acids is 1. The van der Waals surface area contributed by atoms with Gasteiger partial charge in [0.05, 0.1) is 10.6 Å². The van der Waals surface area contributed by atoms with Gasteiger partial charge in [0.15, 0.2) is 0 Å². The zero-order valence-corrected chi connectivity index (χ0v) is 11.3. The van der Waals surface area contributed by atoms with Crippen molar-refractivity contribution in [3.05, 3.63) is 34.4 Å². The van der Waals surface area contributed by atoms with Crippen molar-refractivity contribution >= 4 is 45.6 Å². The topological polar surface area (TPSA) is 88.2 Å². The second-order valence-corrected chi connectivity index (χ2v) is 5.34. The van der Waals surface area contributed by atoms with Gasteiger partial charge in [-0.15, -0.1) is 0 Å². The van der Waals surface area contributed by atoms with Gasteiger partial charge in [-0.2, -0.15) is 10.2 Å². The van der Waals surface area contributed by atoms with Gasteiger partial charge < -0.3 is 0 Å². The number of rotatable bonds is 3. The number of thiocarbonyl (C=S) groups is 1. The van der Waals surface area contributed by atoms with E-state index in [0.29, 0.717) is 10.0 Å². The first-order valence-electron chi connectivity index (χ1n) is 5.12. The molecule has 98 valence electrons. The normalized spacial score (nSPS) is 19.4. The van der Waals surface area contributed by atoms with E-state index in [2.05, 4.69) is 10.2 Å². The smallest absolute Gasteiger partial charge is 0.269 e. The maximum Gasteiger partial charge on any atom is 0.269 e. The first-order valence-corrected chi connectivity index (χ1v) is 6.41. The third-order valence-corrected chi connectivity index (χ3v) is 3.92. The Morgan fingerprint density at radius 2 is 2.05 bits per heavy atom. The van der Waals surface area contributed by atoms with Gasteiger partial charge in [-0.3, -0.25) is 19.8 Å². The fourth-order valence-electron chi connectivity index (χ4n) is 1.31. The molecule has 0 N–H and O–H groups in total. The highest BCUT2D eigenvalue weighted by atomic mass is 32.2. The van der Waals surface area contributed by atoms with E-state index < -0.39 is 10.3 Å². The van der Waals surface area contributed by atoms with Crippen LogP contribution in [0.3, 0.4) is 0 Å². The Hall–Kier alpha value is -1.87. The Labute approximate surface area is 117 Å². The third-order valence-electron chi connectivity index (χ3n) is 2.37. The van der Waals surface area contributed by atoms with Crippen LogP contribution in [0.1, 0.15) is 0 Å². The molecule has 1 atom stereocenters. The first-order chi connectivity index (χ1) is 8.99. The van der Waals surface area contributed by atoms with Crippen LogP contribution in [0.5, 0.6) is 0 Å². The van der Waals surface area contributed by atoms with Gasteiger partial charge in [0.25, 0.3) is 11.6 Å². The Morgan fingerprint density at radius 3 is 2.53 bits per heavy atom. The summed E-state index contributed by atoms with van der Waals surface area (Å²) in [6.45, 7) is 0. The lowest BCUT2D eigenvalue weighted by molar-refractivity contribution is -0.384. The van der Waals surface area contributed by atoms with Crippen LogP contribution < -0.4 is 0 Å². The number of benzene rings is 1. The number of azo groups is 1. The van der Waals surface area contributed by atoms with Crippen LogP contribution in [0.4, 0.5) is 11.4 Å². The molecule has 1 aromatic carbocycles. The van der Waals surface area contributed by atoms with E-state index in [9.17, 15) is 14.9 Å². The van der Waals surface area contributed by atoms with Crippen molar-refractivity contribution in [2.45, 2.75) is 5.37 Å². The summed E-state index contributed by atoms with van der Waals surface area (Å²) in [4.78, 5) is 23.0. The molecule has 0 spiro atoms. The molecule has 0 radical (unpaired) electrons. The molecule has 0 aromatic heterocycles. The van der Waals surface area contributed by atoms with E-state index in [1.807, 2.05) is 0 Å². The molecular weight excluding hydrogens is 288 g/mol. The Bertz CT molecular complexity index is 573. The van der Waals surface area contributed by atoms with E-state index in [1.54, 1.807) is 7.05 Å². The van der Waals surface area contributed by atoms with Crippen molar-refractivity contribution in [3.63, 3.8) is 0 Å². The summed E-state index contributed by atoms with van der Waals surface area (Å²) in [6.07, 6.45) is 0. The molecule has 1 heterocycles. The van der Waals surface area contributed by atoms with Gasteiger partial charge >= 0.3 is 0 Å². The molecule has 7 nitrogen and oxygen atoms in total. The minimum absolute atomic E-state index is 0.0221. The summed E-state index contributed by atoms with van der Waals surface area (Å²) in [5, 5.41) is 17.6. The number of nitrogens with zero attached hydrogens (tertiary/aromatic N) is 4. The van der Waals surface area contributed by atoms with Crippen molar-refractivity contribution in [1.29, 1.82) is 0 Å². The molecular formula is C10H8N4O3S2. The SMILES string of the molecule is CN1C(=O)C(N=Nc2ccc([N+](=O)[O-])cc2)SC1=S. The zero-order valence-electron chi connectivity index (χ0n) is 9.72. The molecule has 2 rings (SSSR count). The van der Waals surface area contributed by atoms with Gasteiger partial charge in [0.1, 0.15) is 4.32 Å². The summed E-state index contributed by atoms with van der Waals surface area (Å²) < 4.78 is 0.456. The summed E-state index contributed by atoms with van der Waals surface area (Å²) in [6, 6.07) is 5.59. The number of nitro benzene ring substituents is 1. The number of nitro groups is 1. The number of non-ortho nitro benzene ring substituents is 1. The quantitative estimate of drug-likeness (QED) is 0.370. The average Bonchev–Trinajstić information content (AvgIpc) is 2.64. The molecule has 0 bridgehead atoms. The Kier molecular flexibility index (Phi) is 3.86. The molecule has 1 aromatic rings. The maximum absolute atomic E-state index is 11.7. The molecule has 1 unspecified atom stereocenters. The second kappa shape index (κ2) is 5.41. The Balaban J connectivity index is 2.09. The lowest BCUT2D eigenvalue weighted by Gasteiger charge is -2.04. The highest BCUT2D eigenvalue weighted by Crippen LogP contribution is 2.28. The van der Waals surface area contributed by atoms with Crippen LogP contribution >= 0.6 is 24.0 Å². The molecule has 1 saturated heterocycles. The van der Waals surface area contributed by atoms with Crippen LogP contribution in [0, 0.1) is 10.1 Å². The zero-order chi connectivity index (χ0) is 14.0. The third kappa shape index (κ3) is 2.93. The maximum atomic E-state index is 11.7. The monoisotopic (exact) mass is 296 g/mol. The standard InChI is InChI=1S/C10H8N4O3S2/c1-13-9(15)8(19-10(13)18)12-11-6-2-4-7(5-3-6)14(16)17/h2-5,8H,1H3.